The first-order valence-corrected chi connectivity index (χ1v) is 8.48. The van der Waals surface area contributed by atoms with Crippen molar-refractivity contribution in [3.63, 3.8) is 0 Å². The van der Waals surface area contributed by atoms with Gasteiger partial charge in [-0.25, -0.2) is 0 Å². The Hall–Kier alpha value is -0.520. The number of thioether (sulfide) groups is 1. The fourth-order valence-corrected chi connectivity index (χ4v) is 4.25. The van der Waals surface area contributed by atoms with Crippen molar-refractivity contribution in [3.8, 4) is 0 Å². The van der Waals surface area contributed by atoms with Crippen LogP contribution < -0.4 is 5.73 Å². The molecule has 1 aliphatic rings. The van der Waals surface area contributed by atoms with Crippen LogP contribution in [0.3, 0.4) is 0 Å². The van der Waals surface area contributed by atoms with Gasteiger partial charge >= 0.3 is 5.97 Å². The lowest BCUT2D eigenvalue weighted by atomic mass is 10.1. The lowest BCUT2D eigenvalue weighted by Crippen LogP contribution is -2.13. The summed E-state index contributed by atoms with van der Waals surface area (Å²) < 4.78 is 5.82. The molecule has 1 atom stereocenters. The van der Waals surface area contributed by atoms with Gasteiger partial charge in [0.05, 0.1) is 13.5 Å². The van der Waals surface area contributed by atoms with Gasteiger partial charge in [-0.3, -0.25) is 4.79 Å². The zero-order valence-corrected chi connectivity index (χ0v) is 14.2. The van der Waals surface area contributed by atoms with E-state index in [1.54, 1.807) is 11.8 Å². The minimum absolute atomic E-state index is 0.0255. The van der Waals surface area contributed by atoms with Crippen LogP contribution in [0.25, 0.3) is 0 Å². The molecule has 1 aromatic carbocycles. The van der Waals surface area contributed by atoms with Gasteiger partial charge < -0.3 is 10.5 Å². The first-order chi connectivity index (χ1) is 9.46. The van der Waals surface area contributed by atoms with E-state index in [0.29, 0.717) is 6.42 Å². The zero-order chi connectivity index (χ0) is 14.8. The smallest absolute Gasteiger partial charge is 0.306 e. The minimum atomic E-state index is -0.100. The maximum absolute atomic E-state index is 11.4. The normalized spacial score (nSPS) is 17.6. The largest absolute Gasteiger partial charge is 0.469 e. The number of esters is 1. The summed E-state index contributed by atoms with van der Waals surface area (Å²) in [4.78, 5) is 12.6. The second-order valence-corrected chi connectivity index (χ2v) is 7.42. The first-order valence-electron chi connectivity index (χ1n) is 6.70. The standard InChI is InChI=1S/C15H20BrNO2S/c1-10(17)12-4-3-11(7-13(12)16)20-9-15(5-6-15)8-14(18)19-2/h3-4,7,10H,5-6,8-9,17H2,1-2H3/t10-/m1/s1. The van der Waals surface area contributed by atoms with Gasteiger partial charge in [0.25, 0.3) is 0 Å². The van der Waals surface area contributed by atoms with Crippen LogP contribution in [0.1, 0.15) is 37.8 Å². The summed E-state index contributed by atoms with van der Waals surface area (Å²) >= 11 is 5.37. The lowest BCUT2D eigenvalue weighted by molar-refractivity contribution is -0.141. The van der Waals surface area contributed by atoms with Gasteiger partial charge in [-0.05, 0) is 42.9 Å². The highest BCUT2D eigenvalue weighted by atomic mass is 79.9. The van der Waals surface area contributed by atoms with Gasteiger partial charge in [0, 0.05) is 21.2 Å². The summed E-state index contributed by atoms with van der Waals surface area (Å²) in [5.74, 6) is 0.864. The molecule has 1 aliphatic carbocycles. The van der Waals surface area contributed by atoms with Crippen LogP contribution in [-0.2, 0) is 9.53 Å². The van der Waals surface area contributed by atoms with Crippen molar-refractivity contribution in [3.05, 3.63) is 28.2 Å². The molecule has 2 rings (SSSR count). The number of rotatable bonds is 6. The molecule has 0 radical (unpaired) electrons. The monoisotopic (exact) mass is 357 g/mol. The molecule has 0 unspecified atom stereocenters. The molecule has 0 bridgehead atoms. The van der Waals surface area contributed by atoms with E-state index in [-0.39, 0.29) is 17.4 Å². The maximum Gasteiger partial charge on any atom is 0.306 e. The Balaban J connectivity index is 1.94. The van der Waals surface area contributed by atoms with Crippen molar-refractivity contribution < 1.29 is 9.53 Å². The molecule has 3 nitrogen and oxygen atoms in total. The number of hydrogen-bond donors (Lipinski definition) is 1. The van der Waals surface area contributed by atoms with Crippen molar-refractivity contribution >= 4 is 33.7 Å². The number of ether oxygens (including phenoxy) is 1. The highest BCUT2D eigenvalue weighted by molar-refractivity contribution is 9.10. The quantitative estimate of drug-likeness (QED) is 0.619. The molecule has 110 valence electrons. The highest BCUT2D eigenvalue weighted by Gasteiger charge is 2.44. The van der Waals surface area contributed by atoms with Gasteiger partial charge in [0.1, 0.15) is 0 Å². The molecule has 20 heavy (non-hydrogen) atoms. The van der Waals surface area contributed by atoms with Gasteiger partial charge in [-0.15, -0.1) is 11.8 Å². The summed E-state index contributed by atoms with van der Waals surface area (Å²) in [5, 5.41) is 0. The van der Waals surface area contributed by atoms with Crippen LogP contribution in [0.2, 0.25) is 0 Å². The average molecular weight is 358 g/mol. The van der Waals surface area contributed by atoms with E-state index >= 15 is 0 Å². The fourth-order valence-electron chi connectivity index (χ4n) is 2.13. The van der Waals surface area contributed by atoms with E-state index in [1.165, 1.54) is 12.0 Å². The van der Waals surface area contributed by atoms with E-state index in [2.05, 4.69) is 34.1 Å². The van der Waals surface area contributed by atoms with E-state index < -0.39 is 0 Å². The molecule has 1 saturated carbocycles. The molecular weight excluding hydrogens is 338 g/mol. The molecule has 0 aromatic heterocycles. The number of nitrogens with two attached hydrogens (primary N) is 1. The molecule has 0 spiro atoms. The Labute approximate surface area is 132 Å². The van der Waals surface area contributed by atoms with E-state index in [0.717, 1.165) is 28.6 Å². The predicted molar refractivity (Wildman–Crippen MR) is 85.8 cm³/mol. The molecule has 0 amide bonds. The third-order valence-corrected chi connectivity index (χ3v) is 5.74. The Bertz CT molecular complexity index is 501. The molecular formula is C15H20BrNO2S. The third kappa shape index (κ3) is 3.99. The van der Waals surface area contributed by atoms with Gasteiger partial charge in [-0.2, -0.15) is 0 Å². The van der Waals surface area contributed by atoms with Crippen LogP contribution in [0.4, 0.5) is 0 Å². The van der Waals surface area contributed by atoms with E-state index in [1.807, 2.05) is 6.92 Å². The highest BCUT2D eigenvalue weighted by Crippen LogP contribution is 2.52. The van der Waals surface area contributed by atoms with Crippen molar-refractivity contribution in [1.82, 2.24) is 0 Å². The van der Waals surface area contributed by atoms with Gasteiger partial charge in [0.15, 0.2) is 0 Å². The fraction of sp³-hybridized carbons (Fsp3) is 0.533. The second kappa shape index (κ2) is 6.50. The number of carbonyl (C=O) groups is 1. The second-order valence-electron chi connectivity index (χ2n) is 5.51. The van der Waals surface area contributed by atoms with Gasteiger partial charge in [0.2, 0.25) is 0 Å². The van der Waals surface area contributed by atoms with Gasteiger partial charge in [-0.1, -0.05) is 22.0 Å². The number of hydrogen-bond acceptors (Lipinski definition) is 4. The molecule has 5 heteroatoms. The molecule has 1 aromatic rings. The zero-order valence-electron chi connectivity index (χ0n) is 11.8. The number of halogens is 1. The summed E-state index contributed by atoms with van der Waals surface area (Å²) in [5.41, 5.74) is 7.17. The predicted octanol–water partition coefficient (Wildman–Crippen LogP) is 3.90. The van der Waals surface area contributed by atoms with Crippen molar-refractivity contribution in [1.29, 1.82) is 0 Å². The minimum Gasteiger partial charge on any atom is -0.469 e. The Morgan fingerprint density at radius 3 is 2.75 bits per heavy atom. The van der Waals surface area contributed by atoms with E-state index in [4.69, 9.17) is 10.5 Å². The molecule has 0 saturated heterocycles. The first kappa shape index (κ1) is 15.9. The van der Waals surface area contributed by atoms with Crippen LogP contribution >= 0.6 is 27.7 Å². The molecule has 2 N–H and O–H groups in total. The van der Waals surface area contributed by atoms with Crippen LogP contribution in [0.15, 0.2) is 27.6 Å². The van der Waals surface area contributed by atoms with E-state index in [9.17, 15) is 4.79 Å². The maximum atomic E-state index is 11.4. The molecule has 0 aliphatic heterocycles. The summed E-state index contributed by atoms with van der Waals surface area (Å²) in [7, 11) is 1.45. The van der Waals surface area contributed by atoms with Crippen LogP contribution in [-0.4, -0.2) is 18.8 Å². The summed E-state index contributed by atoms with van der Waals surface area (Å²) in [6, 6.07) is 6.30. The summed E-state index contributed by atoms with van der Waals surface area (Å²) in [6.07, 6.45) is 2.78. The SMILES string of the molecule is COC(=O)CC1(CSc2ccc([C@@H](C)N)c(Br)c2)CC1. The van der Waals surface area contributed by atoms with Crippen LogP contribution in [0, 0.1) is 5.41 Å². The Morgan fingerprint density at radius 2 is 2.25 bits per heavy atom. The number of carbonyl (C=O) groups excluding carboxylic acids is 1. The topological polar surface area (TPSA) is 52.3 Å². The van der Waals surface area contributed by atoms with Crippen molar-refractivity contribution in [2.45, 2.75) is 37.1 Å². The molecule has 0 heterocycles. The third-order valence-electron chi connectivity index (χ3n) is 3.71. The van der Waals surface area contributed by atoms with Crippen molar-refractivity contribution in [2.24, 2.45) is 11.1 Å². The molecule has 1 fully saturated rings. The average Bonchev–Trinajstić information content (AvgIpc) is 3.16. The lowest BCUT2D eigenvalue weighted by Gasteiger charge is -2.14. The Morgan fingerprint density at radius 1 is 1.55 bits per heavy atom. The number of methoxy groups -OCH3 is 1. The van der Waals surface area contributed by atoms with Crippen molar-refractivity contribution in [2.75, 3.05) is 12.9 Å². The number of benzene rings is 1. The Kier molecular flexibility index (Phi) is 5.15. The summed E-state index contributed by atoms with van der Waals surface area (Å²) in [6.45, 7) is 1.97. The van der Waals surface area contributed by atoms with Crippen LogP contribution in [0.5, 0.6) is 0 Å².